The minimum atomic E-state index is -0.935. The van der Waals surface area contributed by atoms with Gasteiger partial charge in [0.25, 0.3) is 0 Å². The van der Waals surface area contributed by atoms with Crippen molar-refractivity contribution in [2.24, 2.45) is 0 Å². The molecule has 0 saturated heterocycles. The van der Waals surface area contributed by atoms with Gasteiger partial charge in [0.05, 0.1) is 11.8 Å². The highest BCUT2D eigenvalue weighted by Gasteiger charge is 2.04. The standard InChI is InChI=1S/C21H15N3O2/c25-21(26)17-8-6-15(7-9-17)12-13-24-22-19-11-10-18(14-20(19)23-24)16-4-2-1-3-5-16/h1-14H,(H,25,26). The van der Waals surface area contributed by atoms with E-state index in [1.165, 1.54) is 4.80 Å². The first-order chi connectivity index (χ1) is 12.7. The number of fused-ring (bicyclic) bond motifs is 1. The average Bonchev–Trinajstić information content (AvgIpc) is 3.09. The van der Waals surface area contributed by atoms with Gasteiger partial charge in [-0.25, -0.2) is 4.79 Å². The summed E-state index contributed by atoms with van der Waals surface area (Å²) < 4.78 is 0. The van der Waals surface area contributed by atoms with Crippen LogP contribution >= 0.6 is 0 Å². The van der Waals surface area contributed by atoms with Crippen molar-refractivity contribution < 1.29 is 9.90 Å². The molecule has 4 aromatic rings. The molecule has 4 rings (SSSR count). The predicted octanol–water partition coefficient (Wildman–Crippen LogP) is 4.42. The van der Waals surface area contributed by atoms with Gasteiger partial charge < -0.3 is 5.11 Å². The maximum Gasteiger partial charge on any atom is 0.335 e. The van der Waals surface area contributed by atoms with Crippen molar-refractivity contribution in [3.05, 3.63) is 83.9 Å². The second-order valence-electron chi connectivity index (χ2n) is 5.83. The highest BCUT2D eigenvalue weighted by molar-refractivity contribution is 5.88. The Labute approximate surface area is 149 Å². The zero-order valence-corrected chi connectivity index (χ0v) is 13.8. The molecule has 0 saturated carbocycles. The molecule has 0 atom stereocenters. The Bertz CT molecular complexity index is 1100. The Morgan fingerprint density at radius 2 is 1.58 bits per heavy atom. The number of carbonyl (C=O) groups is 1. The Kier molecular flexibility index (Phi) is 4.03. The number of hydrogen-bond acceptors (Lipinski definition) is 3. The molecular formula is C21H15N3O2. The minimum Gasteiger partial charge on any atom is -0.478 e. The number of carboxylic acid groups (broad SMARTS) is 1. The van der Waals surface area contributed by atoms with Crippen LogP contribution in [0.15, 0.2) is 72.8 Å². The van der Waals surface area contributed by atoms with Crippen LogP contribution in [-0.2, 0) is 0 Å². The first-order valence-electron chi connectivity index (χ1n) is 8.13. The maximum absolute atomic E-state index is 10.9. The number of aromatic carboxylic acids is 1. The van der Waals surface area contributed by atoms with Crippen molar-refractivity contribution in [2.75, 3.05) is 0 Å². The van der Waals surface area contributed by atoms with Crippen molar-refractivity contribution in [3.8, 4) is 11.1 Å². The molecule has 0 radical (unpaired) electrons. The zero-order chi connectivity index (χ0) is 17.9. The fourth-order valence-corrected chi connectivity index (χ4v) is 2.70. The summed E-state index contributed by atoms with van der Waals surface area (Å²) >= 11 is 0. The molecule has 0 aliphatic rings. The third-order valence-corrected chi connectivity index (χ3v) is 4.06. The molecule has 5 nitrogen and oxygen atoms in total. The summed E-state index contributed by atoms with van der Waals surface area (Å²) in [6.45, 7) is 0. The molecule has 0 amide bonds. The molecule has 0 bridgehead atoms. The molecule has 3 aromatic carbocycles. The van der Waals surface area contributed by atoms with E-state index in [2.05, 4.69) is 22.3 Å². The van der Waals surface area contributed by atoms with Crippen LogP contribution < -0.4 is 0 Å². The fourth-order valence-electron chi connectivity index (χ4n) is 2.70. The van der Waals surface area contributed by atoms with E-state index in [1.54, 1.807) is 30.5 Å². The summed E-state index contributed by atoms with van der Waals surface area (Å²) in [5, 5.41) is 17.8. The molecule has 0 unspecified atom stereocenters. The molecular weight excluding hydrogens is 326 g/mol. The molecule has 0 fully saturated rings. The SMILES string of the molecule is O=C(O)c1ccc(C=Cn2nc3ccc(-c4ccccc4)cc3n2)cc1. The van der Waals surface area contributed by atoms with Crippen molar-refractivity contribution in [1.29, 1.82) is 0 Å². The van der Waals surface area contributed by atoms with Crippen LogP contribution in [0.4, 0.5) is 0 Å². The van der Waals surface area contributed by atoms with E-state index in [0.717, 1.165) is 27.7 Å². The zero-order valence-electron chi connectivity index (χ0n) is 13.8. The summed E-state index contributed by atoms with van der Waals surface area (Å²) in [7, 11) is 0. The molecule has 0 aliphatic heterocycles. The van der Waals surface area contributed by atoms with Crippen LogP contribution in [0.3, 0.4) is 0 Å². The lowest BCUT2D eigenvalue weighted by Crippen LogP contribution is -1.95. The summed E-state index contributed by atoms with van der Waals surface area (Å²) in [4.78, 5) is 12.4. The third-order valence-electron chi connectivity index (χ3n) is 4.06. The number of nitrogens with zero attached hydrogens (tertiary/aromatic N) is 3. The molecule has 1 N–H and O–H groups in total. The summed E-state index contributed by atoms with van der Waals surface area (Å²) in [5.74, 6) is -0.935. The van der Waals surface area contributed by atoms with Crippen molar-refractivity contribution in [1.82, 2.24) is 15.0 Å². The normalized spacial score (nSPS) is 11.2. The van der Waals surface area contributed by atoms with Gasteiger partial charge in [-0.15, -0.1) is 10.2 Å². The smallest absolute Gasteiger partial charge is 0.335 e. The van der Waals surface area contributed by atoms with Crippen LogP contribution in [0.1, 0.15) is 15.9 Å². The van der Waals surface area contributed by atoms with Crippen molar-refractivity contribution in [3.63, 3.8) is 0 Å². The number of hydrogen-bond donors (Lipinski definition) is 1. The maximum atomic E-state index is 10.9. The number of aromatic nitrogens is 3. The van der Waals surface area contributed by atoms with Crippen LogP contribution in [-0.4, -0.2) is 26.1 Å². The molecule has 5 heteroatoms. The lowest BCUT2D eigenvalue weighted by atomic mass is 10.1. The quantitative estimate of drug-likeness (QED) is 0.596. The van der Waals surface area contributed by atoms with Gasteiger partial charge in [0, 0.05) is 0 Å². The summed E-state index contributed by atoms with van der Waals surface area (Å²) in [5.41, 5.74) is 5.00. The topological polar surface area (TPSA) is 68.0 Å². The second kappa shape index (κ2) is 6.64. The minimum absolute atomic E-state index is 0.263. The van der Waals surface area contributed by atoms with Gasteiger partial charge in [-0.05, 0) is 47.0 Å². The lowest BCUT2D eigenvalue weighted by molar-refractivity contribution is 0.0697. The highest BCUT2D eigenvalue weighted by Crippen LogP contribution is 2.22. The Morgan fingerprint density at radius 3 is 2.31 bits per heavy atom. The number of benzene rings is 3. The van der Waals surface area contributed by atoms with Crippen molar-refractivity contribution in [2.45, 2.75) is 0 Å². The highest BCUT2D eigenvalue weighted by atomic mass is 16.4. The van der Waals surface area contributed by atoms with Gasteiger partial charge in [0.1, 0.15) is 11.0 Å². The molecule has 1 aromatic heterocycles. The molecule has 126 valence electrons. The Morgan fingerprint density at radius 1 is 0.846 bits per heavy atom. The monoisotopic (exact) mass is 341 g/mol. The largest absolute Gasteiger partial charge is 0.478 e. The van der Waals surface area contributed by atoms with Gasteiger partial charge >= 0.3 is 5.97 Å². The third kappa shape index (κ3) is 3.23. The Balaban J connectivity index is 1.60. The van der Waals surface area contributed by atoms with E-state index in [9.17, 15) is 4.79 Å². The fraction of sp³-hybridized carbons (Fsp3) is 0. The number of carboxylic acids is 1. The van der Waals surface area contributed by atoms with Crippen LogP contribution in [0.5, 0.6) is 0 Å². The van der Waals surface area contributed by atoms with E-state index >= 15 is 0 Å². The van der Waals surface area contributed by atoms with Crippen LogP contribution in [0.25, 0.3) is 34.4 Å². The molecule has 0 aliphatic carbocycles. The van der Waals surface area contributed by atoms with Gasteiger partial charge in [-0.2, -0.15) is 4.80 Å². The lowest BCUT2D eigenvalue weighted by Gasteiger charge is -1.99. The first kappa shape index (κ1) is 15.8. The number of rotatable bonds is 4. The van der Waals surface area contributed by atoms with E-state index in [4.69, 9.17) is 5.11 Å². The van der Waals surface area contributed by atoms with E-state index in [1.807, 2.05) is 42.5 Å². The van der Waals surface area contributed by atoms with E-state index < -0.39 is 5.97 Å². The van der Waals surface area contributed by atoms with Gasteiger partial charge in [0.2, 0.25) is 0 Å². The van der Waals surface area contributed by atoms with Gasteiger partial charge in [-0.1, -0.05) is 48.5 Å². The predicted molar refractivity (Wildman–Crippen MR) is 102 cm³/mol. The van der Waals surface area contributed by atoms with Crippen LogP contribution in [0, 0.1) is 0 Å². The first-order valence-corrected chi connectivity index (χ1v) is 8.13. The summed E-state index contributed by atoms with van der Waals surface area (Å²) in [6, 6.07) is 22.8. The molecule has 0 spiro atoms. The average molecular weight is 341 g/mol. The molecule has 26 heavy (non-hydrogen) atoms. The van der Waals surface area contributed by atoms with Crippen molar-refractivity contribution >= 4 is 29.3 Å². The van der Waals surface area contributed by atoms with Gasteiger partial charge in [0.15, 0.2) is 0 Å². The van der Waals surface area contributed by atoms with Crippen LogP contribution in [0.2, 0.25) is 0 Å². The van der Waals surface area contributed by atoms with E-state index in [-0.39, 0.29) is 5.56 Å². The second-order valence-corrected chi connectivity index (χ2v) is 5.83. The summed E-state index contributed by atoms with van der Waals surface area (Å²) in [6.07, 6.45) is 3.58. The van der Waals surface area contributed by atoms with Gasteiger partial charge in [-0.3, -0.25) is 0 Å². The van der Waals surface area contributed by atoms with E-state index in [0.29, 0.717) is 0 Å². The Hall–Kier alpha value is -3.73. The molecule has 1 heterocycles.